The van der Waals surface area contributed by atoms with Crippen molar-refractivity contribution in [2.45, 2.75) is 23.1 Å². The lowest BCUT2D eigenvalue weighted by Gasteiger charge is -2.28. The SMILES string of the molecule is COC(=O)c1ncsc1S(=O)(=O)N1CCC(N)CC1. The molecule has 9 heteroatoms. The fourth-order valence-electron chi connectivity index (χ4n) is 1.88. The highest BCUT2D eigenvalue weighted by Gasteiger charge is 2.33. The highest BCUT2D eigenvalue weighted by Crippen LogP contribution is 2.26. The number of aromatic nitrogens is 1. The van der Waals surface area contributed by atoms with Crippen LogP contribution in [-0.2, 0) is 14.8 Å². The van der Waals surface area contributed by atoms with E-state index in [-0.39, 0.29) is 15.9 Å². The quantitative estimate of drug-likeness (QED) is 0.791. The Labute approximate surface area is 115 Å². The summed E-state index contributed by atoms with van der Waals surface area (Å²) < 4.78 is 30.7. The number of hydrogen-bond acceptors (Lipinski definition) is 7. The van der Waals surface area contributed by atoms with Crippen molar-refractivity contribution >= 4 is 27.3 Å². The van der Waals surface area contributed by atoms with E-state index in [9.17, 15) is 13.2 Å². The van der Waals surface area contributed by atoms with Gasteiger partial charge >= 0.3 is 5.97 Å². The van der Waals surface area contributed by atoms with E-state index < -0.39 is 16.0 Å². The lowest BCUT2D eigenvalue weighted by Crippen LogP contribution is -2.42. The zero-order valence-electron chi connectivity index (χ0n) is 10.4. The molecule has 0 atom stereocenters. The zero-order chi connectivity index (χ0) is 14.0. The van der Waals surface area contributed by atoms with Crippen LogP contribution in [0.1, 0.15) is 23.3 Å². The Morgan fingerprint density at radius 1 is 1.53 bits per heavy atom. The van der Waals surface area contributed by atoms with Crippen molar-refractivity contribution in [3.63, 3.8) is 0 Å². The molecule has 0 aromatic carbocycles. The van der Waals surface area contributed by atoms with Gasteiger partial charge in [-0.3, -0.25) is 0 Å². The molecule has 0 aliphatic carbocycles. The van der Waals surface area contributed by atoms with E-state index in [2.05, 4.69) is 9.72 Å². The average Bonchev–Trinajstić information content (AvgIpc) is 2.88. The van der Waals surface area contributed by atoms with Gasteiger partial charge in [-0.25, -0.2) is 18.2 Å². The third kappa shape index (κ3) is 2.78. The van der Waals surface area contributed by atoms with Crippen LogP contribution in [0.4, 0.5) is 0 Å². The number of hydrogen-bond donors (Lipinski definition) is 1. The molecule has 1 saturated heterocycles. The van der Waals surface area contributed by atoms with Gasteiger partial charge in [0.25, 0.3) is 10.0 Å². The number of esters is 1. The minimum Gasteiger partial charge on any atom is -0.464 e. The molecule has 7 nitrogen and oxygen atoms in total. The maximum absolute atomic E-state index is 12.4. The zero-order valence-corrected chi connectivity index (χ0v) is 12.0. The molecule has 2 N–H and O–H groups in total. The van der Waals surface area contributed by atoms with Crippen LogP contribution in [0.5, 0.6) is 0 Å². The van der Waals surface area contributed by atoms with Crippen LogP contribution < -0.4 is 5.73 Å². The molecule has 1 fully saturated rings. The van der Waals surface area contributed by atoms with Crippen molar-refractivity contribution in [1.29, 1.82) is 0 Å². The van der Waals surface area contributed by atoms with Crippen molar-refractivity contribution in [3.8, 4) is 0 Å². The lowest BCUT2D eigenvalue weighted by molar-refractivity contribution is 0.0590. The summed E-state index contributed by atoms with van der Waals surface area (Å²) >= 11 is 0.922. The smallest absolute Gasteiger partial charge is 0.358 e. The molecular formula is C10H15N3O4S2. The molecule has 0 bridgehead atoms. The molecule has 1 aliphatic rings. The topological polar surface area (TPSA) is 103 Å². The van der Waals surface area contributed by atoms with Crippen molar-refractivity contribution in [3.05, 3.63) is 11.2 Å². The second kappa shape index (κ2) is 5.53. The molecule has 1 aromatic heterocycles. The molecule has 2 rings (SSSR count). The monoisotopic (exact) mass is 305 g/mol. The second-order valence-corrected chi connectivity index (χ2v) is 7.21. The third-order valence-electron chi connectivity index (χ3n) is 2.99. The number of carbonyl (C=O) groups excluding carboxylic acids is 1. The number of thiazole rings is 1. The highest BCUT2D eigenvalue weighted by molar-refractivity contribution is 7.91. The molecule has 0 unspecified atom stereocenters. The van der Waals surface area contributed by atoms with Crippen LogP contribution in [0.25, 0.3) is 0 Å². The number of nitrogens with zero attached hydrogens (tertiary/aromatic N) is 2. The maximum atomic E-state index is 12.4. The van der Waals surface area contributed by atoms with Gasteiger partial charge in [0.15, 0.2) is 9.90 Å². The molecule has 0 radical (unpaired) electrons. The molecule has 19 heavy (non-hydrogen) atoms. The van der Waals surface area contributed by atoms with Crippen LogP contribution in [-0.4, -0.2) is 49.9 Å². The van der Waals surface area contributed by atoms with E-state index in [1.165, 1.54) is 16.9 Å². The molecule has 0 amide bonds. The fraction of sp³-hybridized carbons (Fsp3) is 0.600. The lowest BCUT2D eigenvalue weighted by atomic mass is 10.1. The molecule has 1 aliphatic heterocycles. The molecule has 0 spiro atoms. The van der Waals surface area contributed by atoms with E-state index >= 15 is 0 Å². The van der Waals surface area contributed by atoms with Gasteiger partial charge in [-0.05, 0) is 12.8 Å². The first-order chi connectivity index (χ1) is 8.96. The summed E-state index contributed by atoms with van der Waals surface area (Å²) in [6, 6.07) is 0.0352. The largest absolute Gasteiger partial charge is 0.464 e. The Morgan fingerprint density at radius 2 is 2.16 bits per heavy atom. The first-order valence-electron chi connectivity index (χ1n) is 5.74. The van der Waals surface area contributed by atoms with Crippen LogP contribution in [0.2, 0.25) is 0 Å². The maximum Gasteiger partial charge on any atom is 0.358 e. The van der Waals surface area contributed by atoms with Gasteiger partial charge in [-0.15, -0.1) is 11.3 Å². The number of methoxy groups -OCH3 is 1. The average molecular weight is 305 g/mol. The minimum atomic E-state index is -3.69. The summed E-state index contributed by atoms with van der Waals surface area (Å²) in [5.41, 5.74) is 6.93. The van der Waals surface area contributed by atoms with E-state index in [4.69, 9.17) is 5.73 Å². The Hall–Kier alpha value is -1.03. The van der Waals surface area contributed by atoms with Gasteiger partial charge in [-0.1, -0.05) is 0 Å². The third-order valence-corrected chi connectivity index (χ3v) is 6.23. The van der Waals surface area contributed by atoms with E-state index in [1.54, 1.807) is 0 Å². The summed E-state index contributed by atoms with van der Waals surface area (Å²) in [5, 5.41) is 0. The summed E-state index contributed by atoms with van der Waals surface area (Å²) in [6.07, 6.45) is 1.23. The van der Waals surface area contributed by atoms with Gasteiger partial charge in [0.05, 0.1) is 12.6 Å². The Kier molecular flexibility index (Phi) is 4.19. The number of piperidine rings is 1. The Bertz CT molecular complexity index is 561. The number of rotatable bonds is 3. The predicted octanol–water partition coefficient (Wildman–Crippen LogP) is 0.0415. The standard InChI is InChI=1S/C10H15N3O4S2/c1-17-9(14)8-10(18-6-12-8)19(15,16)13-4-2-7(11)3-5-13/h6-7H,2-5,11H2,1H3. The van der Waals surface area contributed by atoms with Gasteiger partial charge in [0, 0.05) is 19.1 Å². The van der Waals surface area contributed by atoms with Crippen molar-refractivity contribution in [2.75, 3.05) is 20.2 Å². The molecule has 1 aromatic rings. The Balaban J connectivity index is 2.30. The van der Waals surface area contributed by atoms with Crippen molar-refractivity contribution < 1.29 is 17.9 Å². The fourth-order valence-corrected chi connectivity index (χ4v) is 4.62. The van der Waals surface area contributed by atoms with Crippen molar-refractivity contribution in [2.24, 2.45) is 5.73 Å². The van der Waals surface area contributed by atoms with Crippen LogP contribution in [0.15, 0.2) is 9.72 Å². The number of sulfonamides is 1. The van der Waals surface area contributed by atoms with Crippen LogP contribution in [0, 0.1) is 0 Å². The predicted molar refractivity (Wildman–Crippen MR) is 69.4 cm³/mol. The first kappa shape index (κ1) is 14.4. The molecule has 2 heterocycles. The van der Waals surface area contributed by atoms with Gasteiger partial charge in [-0.2, -0.15) is 4.31 Å². The van der Waals surface area contributed by atoms with Crippen LogP contribution >= 0.6 is 11.3 Å². The number of carbonyl (C=O) groups is 1. The van der Waals surface area contributed by atoms with Crippen molar-refractivity contribution in [1.82, 2.24) is 9.29 Å². The van der Waals surface area contributed by atoms with Gasteiger partial charge in [0.1, 0.15) is 0 Å². The minimum absolute atomic E-state index is 0.0352. The first-order valence-corrected chi connectivity index (χ1v) is 8.06. The van der Waals surface area contributed by atoms with Crippen LogP contribution in [0.3, 0.4) is 0 Å². The van der Waals surface area contributed by atoms with E-state index in [0.717, 1.165) is 11.3 Å². The van der Waals surface area contributed by atoms with Gasteiger partial charge < -0.3 is 10.5 Å². The summed E-state index contributed by atoms with van der Waals surface area (Å²) in [4.78, 5) is 15.3. The summed E-state index contributed by atoms with van der Waals surface area (Å²) in [5.74, 6) is -0.742. The molecule has 0 saturated carbocycles. The summed E-state index contributed by atoms with van der Waals surface area (Å²) in [7, 11) is -2.50. The normalized spacial score (nSPS) is 18.4. The second-order valence-electron chi connectivity index (χ2n) is 4.22. The number of ether oxygens (including phenoxy) is 1. The summed E-state index contributed by atoms with van der Waals surface area (Å²) in [6.45, 7) is 0.726. The molecule has 106 valence electrons. The van der Waals surface area contributed by atoms with E-state index in [0.29, 0.717) is 25.9 Å². The highest BCUT2D eigenvalue weighted by atomic mass is 32.2. The van der Waals surface area contributed by atoms with E-state index in [1.807, 2.05) is 0 Å². The van der Waals surface area contributed by atoms with Gasteiger partial charge in [0.2, 0.25) is 0 Å². The molecular weight excluding hydrogens is 290 g/mol. The number of nitrogens with two attached hydrogens (primary N) is 1. The Morgan fingerprint density at radius 3 is 2.74 bits per heavy atom.